The van der Waals surface area contributed by atoms with Crippen molar-refractivity contribution < 1.29 is 14.7 Å². The number of nitrogens with one attached hydrogen (secondary N) is 1. The molecule has 0 radical (unpaired) electrons. The lowest BCUT2D eigenvalue weighted by atomic mass is 9.99. The topological polar surface area (TPSA) is 72.9 Å². The lowest BCUT2D eigenvalue weighted by Crippen LogP contribution is -2.60. The average Bonchev–Trinajstić information content (AvgIpc) is 2.39. The van der Waals surface area contributed by atoms with Crippen molar-refractivity contribution in [2.75, 3.05) is 39.3 Å². The zero-order chi connectivity index (χ0) is 14.5. The second-order valence-electron chi connectivity index (χ2n) is 5.32. The summed E-state index contributed by atoms with van der Waals surface area (Å²) in [6.45, 7) is 10.0. The van der Waals surface area contributed by atoms with Gasteiger partial charge in [-0.05, 0) is 20.8 Å². The number of amides is 1. The molecule has 0 atom stereocenters. The van der Waals surface area contributed by atoms with Gasteiger partial charge in [-0.25, -0.2) is 0 Å². The summed E-state index contributed by atoms with van der Waals surface area (Å²) < 4.78 is 0. The van der Waals surface area contributed by atoms with Gasteiger partial charge in [0.15, 0.2) is 0 Å². The molecule has 0 aromatic carbocycles. The van der Waals surface area contributed by atoms with Gasteiger partial charge in [-0.3, -0.25) is 14.5 Å². The number of aliphatic carboxylic acids is 1. The summed E-state index contributed by atoms with van der Waals surface area (Å²) >= 11 is 0. The molecule has 1 amide bonds. The van der Waals surface area contributed by atoms with Gasteiger partial charge in [0.25, 0.3) is 0 Å². The summed E-state index contributed by atoms with van der Waals surface area (Å²) in [6.07, 6.45) is -0.00276. The van der Waals surface area contributed by atoms with E-state index in [4.69, 9.17) is 5.11 Å². The number of rotatable bonds is 6. The minimum Gasteiger partial charge on any atom is -0.481 e. The summed E-state index contributed by atoms with van der Waals surface area (Å²) in [7, 11) is 0. The van der Waals surface area contributed by atoms with E-state index in [1.807, 2.05) is 20.8 Å². The van der Waals surface area contributed by atoms with Gasteiger partial charge in [0, 0.05) is 39.3 Å². The Kier molecular flexibility index (Phi) is 5.75. The van der Waals surface area contributed by atoms with Gasteiger partial charge in [0.2, 0.25) is 5.91 Å². The molecule has 1 heterocycles. The normalized spacial score (nSPS) is 17.2. The number of carboxylic acids is 1. The Balaban J connectivity index is 2.67. The van der Waals surface area contributed by atoms with E-state index in [2.05, 4.69) is 10.2 Å². The van der Waals surface area contributed by atoms with Crippen molar-refractivity contribution in [1.82, 2.24) is 15.1 Å². The van der Waals surface area contributed by atoms with Crippen LogP contribution in [0.3, 0.4) is 0 Å². The third-order valence-electron chi connectivity index (χ3n) is 3.70. The highest BCUT2D eigenvalue weighted by Crippen LogP contribution is 2.18. The first-order valence-electron chi connectivity index (χ1n) is 6.86. The van der Waals surface area contributed by atoms with Gasteiger partial charge < -0.3 is 15.3 Å². The van der Waals surface area contributed by atoms with E-state index in [0.717, 1.165) is 26.2 Å². The maximum Gasteiger partial charge on any atom is 0.305 e. The quantitative estimate of drug-likeness (QED) is 0.711. The van der Waals surface area contributed by atoms with E-state index in [1.165, 1.54) is 0 Å². The third-order valence-corrected chi connectivity index (χ3v) is 3.70. The highest BCUT2D eigenvalue weighted by molar-refractivity contribution is 5.85. The van der Waals surface area contributed by atoms with Gasteiger partial charge in [-0.15, -0.1) is 0 Å². The highest BCUT2D eigenvalue weighted by atomic mass is 16.4. The standard InChI is InChI=1S/C13H25N3O3/c1-4-15(8-5-11(17)18)12(19)13(2,3)16-9-6-14-7-10-16/h14H,4-10H2,1-3H3,(H,17,18). The van der Waals surface area contributed by atoms with Crippen LogP contribution in [0.1, 0.15) is 27.2 Å². The minimum atomic E-state index is -0.869. The van der Waals surface area contributed by atoms with Gasteiger partial charge in [-0.2, -0.15) is 0 Å². The van der Waals surface area contributed by atoms with Gasteiger partial charge >= 0.3 is 5.97 Å². The maximum absolute atomic E-state index is 12.6. The Morgan fingerprint density at radius 1 is 1.32 bits per heavy atom. The molecule has 0 unspecified atom stereocenters. The largest absolute Gasteiger partial charge is 0.481 e. The molecule has 1 aliphatic heterocycles. The monoisotopic (exact) mass is 271 g/mol. The molecule has 19 heavy (non-hydrogen) atoms. The van der Waals surface area contributed by atoms with Crippen LogP contribution in [0.25, 0.3) is 0 Å². The average molecular weight is 271 g/mol. The van der Waals surface area contributed by atoms with Crippen LogP contribution in [-0.4, -0.2) is 71.6 Å². The number of nitrogens with zero attached hydrogens (tertiary/aromatic N) is 2. The molecule has 2 N–H and O–H groups in total. The van der Waals surface area contributed by atoms with Gasteiger partial charge in [0.1, 0.15) is 0 Å². The van der Waals surface area contributed by atoms with Crippen molar-refractivity contribution in [1.29, 1.82) is 0 Å². The zero-order valence-electron chi connectivity index (χ0n) is 12.1. The number of hydrogen-bond donors (Lipinski definition) is 2. The van der Waals surface area contributed by atoms with Gasteiger partial charge in [-0.1, -0.05) is 0 Å². The highest BCUT2D eigenvalue weighted by Gasteiger charge is 2.37. The van der Waals surface area contributed by atoms with Crippen LogP contribution in [0, 0.1) is 0 Å². The van der Waals surface area contributed by atoms with Gasteiger partial charge in [0.05, 0.1) is 12.0 Å². The second-order valence-corrected chi connectivity index (χ2v) is 5.32. The minimum absolute atomic E-state index is 0.00276. The fourth-order valence-electron chi connectivity index (χ4n) is 2.38. The number of piperazine rings is 1. The van der Waals surface area contributed by atoms with Crippen molar-refractivity contribution in [3.8, 4) is 0 Å². The molecule has 6 heteroatoms. The molecule has 0 saturated carbocycles. The number of likely N-dealkylation sites (N-methyl/N-ethyl adjacent to an activating group) is 1. The van der Waals surface area contributed by atoms with Crippen molar-refractivity contribution in [2.45, 2.75) is 32.7 Å². The van der Waals surface area contributed by atoms with Crippen LogP contribution in [0.5, 0.6) is 0 Å². The number of carboxylic acid groups (broad SMARTS) is 1. The van der Waals surface area contributed by atoms with Crippen LogP contribution >= 0.6 is 0 Å². The molecule has 1 rings (SSSR count). The molecule has 0 aromatic rings. The molecular formula is C13H25N3O3. The Hall–Kier alpha value is -1.14. The van der Waals surface area contributed by atoms with E-state index >= 15 is 0 Å². The molecule has 1 aliphatic rings. The van der Waals surface area contributed by atoms with Crippen LogP contribution in [0.4, 0.5) is 0 Å². The number of carbonyl (C=O) groups excluding carboxylic acids is 1. The summed E-state index contributed by atoms with van der Waals surface area (Å²) in [5, 5.41) is 12.0. The number of carbonyl (C=O) groups is 2. The smallest absolute Gasteiger partial charge is 0.305 e. The second kappa shape index (κ2) is 6.86. The summed E-state index contributed by atoms with van der Waals surface area (Å²) in [5.74, 6) is -0.857. The van der Waals surface area contributed by atoms with E-state index in [9.17, 15) is 9.59 Å². The first-order chi connectivity index (χ1) is 8.89. The van der Waals surface area contributed by atoms with Crippen LogP contribution < -0.4 is 5.32 Å². The molecular weight excluding hydrogens is 246 g/mol. The van der Waals surface area contributed by atoms with Crippen molar-refractivity contribution in [3.05, 3.63) is 0 Å². The molecule has 0 bridgehead atoms. The van der Waals surface area contributed by atoms with Crippen LogP contribution in [0.15, 0.2) is 0 Å². The molecule has 0 aliphatic carbocycles. The van der Waals surface area contributed by atoms with Crippen molar-refractivity contribution >= 4 is 11.9 Å². The fraction of sp³-hybridized carbons (Fsp3) is 0.846. The summed E-state index contributed by atoms with van der Waals surface area (Å²) in [6, 6.07) is 0. The van der Waals surface area contributed by atoms with E-state index < -0.39 is 11.5 Å². The molecule has 1 saturated heterocycles. The predicted octanol–water partition coefficient (Wildman–Crippen LogP) is -0.00660. The predicted molar refractivity (Wildman–Crippen MR) is 73.0 cm³/mol. The fourth-order valence-corrected chi connectivity index (χ4v) is 2.38. The first-order valence-corrected chi connectivity index (χ1v) is 6.86. The van der Waals surface area contributed by atoms with Crippen LogP contribution in [0.2, 0.25) is 0 Å². The van der Waals surface area contributed by atoms with E-state index in [1.54, 1.807) is 4.90 Å². The lowest BCUT2D eigenvalue weighted by Gasteiger charge is -2.42. The van der Waals surface area contributed by atoms with Crippen molar-refractivity contribution in [3.63, 3.8) is 0 Å². The lowest BCUT2D eigenvalue weighted by molar-refractivity contribution is -0.144. The molecule has 110 valence electrons. The molecule has 6 nitrogen and oxygen atoms in total. The molecule has 0 aromatic heterocycles. The summed E-state index contributed by atoms with van der Waals surface area (Å²) in [4.78, 5) is 27.0. The van der Waals surface area contributed by atoms with E-state index in [-0.39, 0.29) is 18.9 Å². The Labute approximate surface area is 114 Å². The third kappa shape index (κ3) is 4.18. The Morgan fingerprint density at radius 2 is 1.89 bits per heavy atom. The van der Waals surface area contributed by atoms with E-state index in [0.29, 0.717) is 6.54 Å². The Bertz CT molecular complexity index is 325. The molecule has 0 spiro atoms. The Morgan fingerprint density at radius 3 is 2.37 bits per heavy atom. The maximum atomic E-state index is 12.6. The number of hydrogen-bond acceptors (Lipinski definition) is 4. The summed E-state index contributed by atoms with van der Waals surface area (Å²) in [5.41, 5.74) is -0.573. The van der Waals surface area contributed by atoms with Crippen LogP contribution in [-0.2, 0) is 9.59 Å². The SMILES string of the molecule is CCN(CCC(=O)O)C(=O)C(C)(C)N1CCNCC1. The van der Waals surface area contributed by atoms with Crippen molar-refractivity contribution in [2.24, 2.45) is 0 Å². The zero-order valence-corrected chi connectivity index (χ0v) is 12.1. The molecule has 1 fully saturated rings. The first kappa shape index (κ1) is 15.9.